The van der Waals surface area contributed by atoms with Gasteiger partial charge in [-0.3, -0.25) is 0 Å². The molecule has 19 heavy (non-hydrogen) atoms. The zero-order valence-corrected chi connectivity index (χ0v) is 11.2. The third kappa shape index (κ3) is 3.88. The molecule has 0 aliphatic rings. The van der Waals surface area contributed by atoms with Gasteiger partial charge in [0.15, 0.2) is 0 Å². The normalized spacial score (nSPS) is 10.0. The third-order valence-corrected chi connectivity index (χ3v) is 2.59. The van der Waals surface area contributed by atoms with Crippen molar-refractivity contribution in [3.05, 3.63) is 48.2 Å². The first-order valence-electron chi connectivity index (χ1n) is 6.28. The predicted molar refractivity (Wildman–Crippen MR) is 75.7 cm³/mol. The molecule has 0 radical (unpaired) electrons. The number of benzene rings is 1. The van der Waals surface area contributed by atoms with Crippen molar-refractivity contribution in [1.82, 2.24) is 4.98 Å². The zero-order chi connectivity index (χ0) is 13.5. The third-order valence-electron chi connectivity index (χ3n) is 2.59. The van der Waals surface area contributed by atoms with Crippen LogP contribution in [0.5, 0.6) is 11.5 Å². The Bertz CT molecular complexity index is 529. The van der Waals surface area contributed by atoms with Crippen molar-refractivity contribution < 1.29 is 9.47 Å². The van der Waals surface area contributed by atoms with Gasteiger partial charge in [0, 0.05) is 12.6 Å². The first-order chi connectivity index (χ1) is 9.31. The number of anilines is 1. The van der Waals surface area contributed by atoms with Crippen molar-refractivity contribution >= 4 is 5.82 Å². The number of hydrogen-bond acceptors (Lipinski definition) is 4. The number of ether oxygens (including phenoxy) is 2. The minimum absolute atomic E-state index is 0.437. The second kappa shape index (κ2) is 6.64. The number of aromatic nitrogens is 1. The van der Waals surface area contributed by atoms with Crippen LogP contribution in [0.2, 0.25) is 0 Å². The van der Waals surface area contributed by atoms with Gasteiger partial charge in [-0.05, 0) is 31.2 Å². The van der Waals surface area contributed by atoms with Gasteiger partial charge in [0.25, 0.3) is 0 Å². The van der Waals surface area contributed by atoms with Crippen LogP contribution in [0.25, 0.3) is 0 Å². The molecule has 1 aromatic heterocycles. The SMILES string of the molecule is CCNc1cccc(COc2cccc(OC)c2)n1. The summed E-state index contributed by atoms with van der Waals surface area (Å²) in [6.07, 6.45) is 0. The summed E-state index contributed by atoms with van der Waals surface area (Å²) in [6, 6.07) is 13.4. The summed E-state index contributed by atoms with van der Waals surface area (Å²) in [7, 11) is 1.64. The Hall–Kier alpha value is -2.23. The van der Waals surface area contributed by atoms with E-state index in [2.05, 4.69) is 10.3 Å². The van der Waals surface area contributed by atoms with Crippen LogP contribution in [0.15, 0.2) is 42.5 Å². The average molecular weight is 258 g/mol. The molecule has 0 atom stereocenters. The molecule has 1 N–H and O–H groups in total. The highest BCUT2D eigenvalue weighted by Gasteiger charge is 2.00. The highest BCUT2D eigenvalue weighted by molar-refractivity contribution is 5.35. The Balaban J connectivity index is 1.99. The van der Waals surface area contributed by atoms with Gasteiger partial charge in [-0.1, -0.05) is 12.1 Å². The number of rotatable bonds is 6. The van der Waals surface area contributed by atoms with Crippen LogP contribution in [0.1, 0.15) is 12.6 Å². The highest BCUT2D eigenvalue weighted by Crippen LogP contribution is 2.19. The minimum atomic E-state index is 0.437. The number of nitrogens with zero attached hydrogens (tertiary/aromatic N) is 1. The van der Waals surface area contributed by atoms with Crippen molar-refractivity contribution in [2.75, 3.05) is 19.0 Å². The van der Waals surface area contributed by atoms with E-state index in [1.54, 1.807) is 7.11 Å². The Kier molecular flexibility index (Phi) is 4.61. The van der Waals surface area contributed by atoms with Gasteiger partial charge >= 0.3 is 0 Å². The van der Waals surface area contributed by atoms with Crippen molar-refractivity contribution in [3.8, 4) is 11.5 Å². The van der Waals surface area contributed by atoms with Gasteiger partial charge in [0.05, 0.1) is 12.8 Å². The van der Waals surface area contributed by atoms with Crippen molar-refractivity contribution in [2.24, 2.45) is 0 Å². The van der Waals surface area contributed by atoms with E-state index < -0.39 is 0 Å². The second-order valence-electron chi connectivity index (χ2n) is 4.01. The van der Waals surface area contributed by atoms with Crippen molar-refractivity contribution in [1.29, 1.82) is 0 Å². The van der Waals surface area contributed by atoms with E-state index in [0.717, 1.165) is 29.6 Å². The molecule has 0 aliphatic heterocycles. The van der Waals surface area contributed by atoms with Gasteiger partial charge in [-0.25, -0.2) is 4.98 Å². The number of pyridine rings is 1. The Morgan fingerprint density at radius 1 is 1.11 bits per heavy atom. The molecule has 0 amide bonds. The van der Waals surface area contributed by atoms with E-state index >= 15 is 0 Å². The summed E-state index contributed by atoms with van der Waals surface area (Å²) >= 11 is 0. The minimum Gasteiger partial charge on any atom is -0.497 e. The van der Waals surface area contributed by atoms with E-state index in [1.165, 1.54) is 0 Å². The fraction of sp³-hybridized carbons (Fsp3) is 0.267. The van der Waals surface area contributed by atoms with Crippen LogP contribution in [-0.4, -0.2) is 18.6 Å². The number of hydrogen-bond donors (Lipinski definition) is 1. The number of nitrogens with one attached hydrogen (secondary N) is 1. The lowest BCUT2D eigenvalue weighted by molar-refractivity contribution is 0.299. The average Bonchev–Trinajstić information content (AvgIpc) is 2.46. The maximum Gasteiger partial charge on any atom is 0.130 e. The van der Waals surface area contributed by atoms with Crippen LogP contribution >= 0.6 is 0 Å². The summed E-state index contributed by atoms with van der Waals surface area (Å²) in [5.41, 5.74) is 0.890. The molecule has 1 aromatic carbocycles. The molecule has 0 aliphatic carbocycles. The molecule has 0 spiro atoms. The highest BCUT2D eigenvalue weighted by atomic mass is 16.5. The first kappa shape index (κ1) is 13.2. The summed E-state index contributed by atoms with van der Waals surface area (Å²) in [6.45, 7) is 3.33. The Morgan fingerprint density at radius 3 is 2.68 bits per heavy atom. The van der Waals surface area contributed by atoms with Crippen LogP contribution in [0, 0.1) is 0 Å². The molecule has 100 valence electrons. The fourth-order valence-electron chi connectivity index (χ4n) is 1.69. The quantitative estimate of drug-likeness (QED) is 0.864. The first-order valence-corrected chi connectivity index (χ1v) is 6.28. The Morgan fingerprint density at radius 2 is 1.89 bits per heavy atom. The monoisotopic (exact) mass is 258 g/mol. The molecule has 2 aromatic rings. The van der Waals surface area contributed by atoms with E-state index in [0.29, 0.717) is 6.61 Å². The van der Waals surface area contributed by atoms with Gasteiger partial charge < -0.3 is 14.8 Å². The van der Waals surface area contributed by atoms with Crippen LogP contribution in [0.3, 0.4) is 0 Å². The van der Waals surface area contributed by atoms with Gasteiger partial charge in [-0.2, -0.15) is 0 Å². The molecular weight excluding hydrogens is 240 g/mol. The van der Waals surface area contributed by atoms with Crippen molar-refractivity contribution in [3.63, 3.8) is 0 Å². The number of methoxy groups -OCH3 is 1. The molecule has 0 saturated carbocycles. The molecule has 4 heteroatoms. The topological polar surface area (TPSA) is 43.4 Å². The van der Waals surface area contributed by atoms with Gasteiger partial charge in [0.1, 0.15) is 23.9 Å². The maximum absolute atomic E-state index is 5.70. The standard InChI is InChI=1S/C15H18N2O2/c1-3-16-15-9-4-6-12(17-15)11-19-14-8-5-7-13(10-14)18-2/h4-10H,3,11H2,1-2H3,(H,16,17). The predicted octanol–water partition coefficient (Wildman–Crippen LogP) is 3.10. The molecule has 0 bridgehead atoms. The molecule has 0 fully saturated rings. The molecule has 2 rings (SSSR count). The zero-order valence-electron chi connectivity index (χ0n) is 11.2. The summed E-state index contributed by atoms with van der Waals surface area (Å²) < 4.78 is 10.8. The summed E-state index contributed by atoms with van der Waals surface area (Å²) in [5, 5.41) is 3.18. The summed E-state index contributed by atoms with van der Waals surface area (Å²) in [4.78, 5) is 4.45. The van der Waals surface area contributed by atoms with E-state index in [9.17, 15) is 0 Å². The van der Waals surface area contributed by atoms with Crippen LogP contribution in [-0.2, 0) is 6.61 Å². The fourth-order valence-corrected chi connectivity index (χ4v) is 1.69. The van der Waals surface area contributed by atoms with Gasteiger partial charge in [0.2, 0.25) is 0 Å². The van der Waals surface area contributed by atoms with Crippen LogP contribution in [0.4, 0.5) is 5.82 Å². The molecule has 0 unspecified atom stereocenters. The van der Waals surface area contributed by atoms with E-state index in [-0.39, 0.29) is 0 Å². The van der Waals surface area contributed by atoms with Gasteiger partial charge in [-0.15, -0.1) is 0 Å². The maximum atomic E-state index is 5.70. The largest absolute Gasteiger partial charge is 0.497 e. The second-order valence-corrected chi connectivity index (χ2v) is 4.01. The van der Waals surface area contributed by atoms with E-state index in [4.69, 9.17) is 9.47 Å². The lowest BCUT2D eigenvalue weighted by atomic mass is 10.3. The Labute approximate surface area is 113 Å². The van der Waals surface area contributed by atoms with E-state index in [1.807, 2.05) is 49.4 Å². The smallest absolute Gasteiger partial charge is 0.130 e. The summed E-state index contributed by atoms with van der Waals surface area (Å²) in [5.74, 6) is 2.43. The molecule has 1 heterocycles. The lowest BCUT2D eigenvalue weighted by Crippen LogP contribution is -2.03. The van der Waals surface area contributed by atoms with Crippen molar-refractivity contribution in [2.45, 2.75) is 13.5 Å². The van der Waals surface area contributed by atoms with Crippen LogP contribution < -0.4 is 14.8 Å². The molecular formula is C15H18N2O2. The lowest BCUT2D eigenvalue weighted by Gasteiger charge is -2.08. The molecule has 4 nitrogen and oxygen atoms in total. The molecule has 0 saturated heterocycles.